The molecule has 6 nitrogen and oxygen atoms in total. The highest BCUT2D eigenvalue weighted by Crippen LogP contribution is 2.18. The van der Waals surface area contributed by atoms with Crippen molar-refractivity contribution >= 4 is 22.6 Å². The smallest absolute Gasteiger partial charge is 0.262 e. The summed E-state index contributed by atoms with van der Waals surface area (Å²) in [4.78, 5) is 11.8. The van der Waals surface area contributed by atoms with Gasteiger partial charge in [0, 0.05) is 6.07 Å². The van der Waals surface area contributed by atoms with E-state index in [1.165, 1.54) is 18.2 Å². The van der Waals surface area contributed by atoms with Crippen LogP contribution in [0.5, 0.6) is 5.75 Å². The molecule has 0 saturated carbocycles. The largest absolute Gasteiger partial charge is 0.484 e. The van der Waals surface area contributed by atoms with Gasteiger partial charge < -0.3 is 10.1 Å². The SMILES string of the molecule is O=C(COc1cccc(F)c1)Nc1cccc2n[nH]nc12. The van der Waals surface area contributed by atoms with Crippen LogP contribution in [0.2, 0.25) is 0 Å². The highest BCUT2D eigenvalue weighted by Gasteiger charge is 2.09. The number of aromatic amines is 1. The van der Waals surface area contributed by atoms with Crippen molar-refractivity contribution in [1.29, 1.82) is 0 Å². The van der Waals surface area contributed by atoms with Crippen LogP contribution in [-0.4, -0.2) is 27.9 Å². The Morgan fingerprint density at radius 2 is 2.10 bits per heavy atom. The van der Waals surface area contributed by atoms with E-state index >= 15 is 0 Å². The Morgan fingerprint density at radius 3 is 2.95 bits per heavy atom. The number of hydrogen-bond donors (Lipinski definition) is 2. The minimum Gasteiger partial charge on any atom is -0.484 e. The first-order valence-electron chi connectivity index (χ1n) is 6.20. The number of para-hydroxylation sites is 1. The molecular weight excluding hydrogens is 275 g/mol. The number of halogens is 1. The fraction of sp³-hybridized carbons (Fsp3) is 0.0714. The number of nitrogens with one attached hydrogen (secondary N) is 2. The lowest BCUT2D eigenvalue weighted by molar-refractivity contribution is -0.118. The van der Waals surface area contributed by atoms with E-state index in [1.807, 2.05) is 0 Å². The highest BCUT2D eigenvalue weighted by atomic mass is 19.1. The zero-order chi connectivity index (χ0) is 14.7. The summed E-state index contributed by atoms with van der Waals surface area (Å²) in [5.74, 6) is -0.486. The number of aromatic nitrogens is 3. The van der Waals surface area contributed by atoms with Crippen LogP contribution in [0.1, 0.15) is 0 Å². The molecule has 0 fully saturated rings. The summed E-state index contributed by atoms with van der Waals surface area (Å²) >= 11 is 0. The summed E-state index contributed by atoms with van der Waals surface area (Å²) in [7, 11) is 0. The van der Waals surface area contributed by atoms with E-state index in [1.54, 1.807) is 24.3 Å². The zero-order valence-electron chi connectivity index (χ0n) is 10.8. The Bertz CT molecular complexity index is 787. The molecule has 0 atom stereocenters. The Balaban J connectivity index is 1.65. The molecule has 1 heterocycles. The minimum absolute atomic E-state index is 0.225. The second-order valence-electron chi connectivity index (χ2n) is 4.29. The van der Waals surface area contributed by atoms with Crippen LogP contribution >= 0.6 is 0 Å². The average Bonchev–Trinajstić information content (AvgIpc) is 2.95. The molecule has 21 heavy (non-hydrogen) atoms. The van der Waals surface area contributed by atoms with E-state index in [2.05, 4.69) is 20.7 Å². The van der Waals surface area contributed by atoms with E-state index < -0.39 is 5.82 Å². The third-order valence-electron chi connectivity index (χ3n) is 2.79. The van der Waals surface area contributed by atoms with E-state index in [4.69, 9.17) is 4.74 Å². The van der Waals surface area contributed by atoms with Gasteiger partial charge in [0.2, 0.25) is 0 Å². The van der Waals surface area contributed by atoms with Crippen LogP contribution in [0, 0.1) is 5.82 Å². The van der Waals surface area contributed by atoms with E-state index in [-0.39, 0.29) is 12.5 Å². The van der Waals surface area contributed by atoms with E-state index in [9.17, 15) is 9.18 Å². The minimum atomic E-state index is -0.416. The van der Waals surface area contributed by atoms with Gasteiger partial charge in [0.25, 0.3) is 5.91 Å². The number of fused-ring (bicyclic) bond motifs is 1. The summed E-state index contributed by atoms with van der Waals surface area (Å²) in [5.41, 5.74) is 1.75. The summed E-state index contributed by atoms with van der Waals surface area (Å²) in [6.45, 7) is -0.225. The van der Waals surface area contributed by atoms with Crippen molar-refractivity contribution < 1.29 is 13.9 Å². The maximum Gasteiger partial charge on any atom is 0.262 e. The normalized spacial score (nSPS) is 10.5. The van der Waals surface area contributed by atoms with Crippen molar-refractivity contribution in [3.63, 3.8) is 0 Å². The van der Waals surface area contributed by atoms with Crippen LogP contribution < -0.4 is 10.1 Å². The van der Waals surface area contributed by atoms with Crippen molar-refractivity contribution in [2.75, 3.05) is 11.9 Å². The number of H-pyrrole nitrogens is 1. The Hall–Kier alpha value is -2.96. The molecular formula is C14H11FN4O2. The summed E-state index contributed by atoms with van der Waals surface area (Å²) in [6.07, 6.45) is 0. The third kappa shape index (κ3) is 2.97. The molecule has 106 valence electrons. The second-order valence-corrected chi connectivity index (χ2v) is 4.29. The molecule has 3 aromatic rings. The lowest BCUT2D eigenvalue weighted by Crippen LogP contribution is -2.20. The Labute approximate surface area is 118 Å². The van der Waals surface area contributed by atoms with Crippen molar-refractivity contribution in [3.8, 4) is 5.75 Å². The van der Waals surface area contributed by atoms with Crippen LogP contribution in [0.4, 0.5) is 10.1 Å². The lowest BCUT2D eigenvalue weighted by Gasteiger charge is -2.07. The summed E-state index contributed by atoms with van der Waals surface area (Å²) < 4.78 is 18.2. The first-order chi connectivity index (χ1) is 10.2. The number of anilines is 1. The summed E-state index contributed by atoms with van der Waals surface area (Å²) in [5, 5.41) is 13.1. The fourth-order valence-electron chi connectivity index (χ4n) is 1.86. The molecule has 0 bridgehead atoms. The highest BCUT2D eigenvalue weighted by molar-refractivity contribution is 5.99. The van der Waals surface area contributed by atoms with Gasteiger partial charge in [-0.2, -0.15) is 15.4 Å². The lowest BCUT2D eigenvalue weighted by atomic mass is 10.2. The number of carbonyl (C=O) groups is 1. The molecule has 0 saturated heterocycles. The van der Waals surface area contributed by atoms with Crippen LogP contribution in [0.25, 0.3) is 11.0 Å². The molecule has 1 aromatic heterocycles. The Kier molecular flexibility index (Phi) is 3.46. The number of benzene rings is 2. The van der Waals surface area contributed by atoms with Gasteiger partial charge in [0.1, 0.15) is 22.6 Å². The second kappa shape index (κ2) is 5.58. The molecule has 0 aliphatic carbocycles. The van der Waals surface area contributed by atoms with Gasteiger partial charge in [0.15, 0.2) is 6.61 Å². The number of ether oxygens (including phenoxy) is 1. The van der Waals surface area contributed by atoms with Gasteiger partial charge in [-0.05, 0) is 24.3 Å². The number of rotatable bonds is 4. The van der Waals surface area contributed by atoms with Gasteiger partial charge in [0.05, 0.1) is 5.69 Å². The van der Waals surface area contributed by atoms with Gasteiger partial charge >= 0.3 is 0 Å². The molecule has 0 aliphatic heterocycles. The monoisotopic (exact) mass is 286 g/mol. The Morgan fingerprint density at radius 1 is 1.24 bits per heavy atom. The first-order valence-corrected chi connectivity index (χ1v) is 6.20. The maximum atomic E-state index is 13.0. The van der Waals surface area contributed by atoms with E-state index in [0.717, 1.165) is 0 Å². The predicted molar refractivity (Wildman–Crippen MR) is 74.4 cm³/mol. The standard InChI is InChI=1S/C14H11FN4O2/c15-9-3-1-4-10(7-9)21-8-13(20)16-11-5-2-6-12-14(11)18-19-17-12/h1-7H,8H2,(H,16,20)(H,17,18,19). The topological polar surface area (TPSA) is 79.9 Å². The average molecular weight is 286 g/mol. The quantitative estimate of drug-likeness (QED) is 0.770. The maximum absolute atomic E-state index is 13.0. The van der Waals surface area contributed by atoms with Gasteiger partial charge in [-0.25, -0.2) is 4.39 Å². The number of carbonyl (C=O) groups excluding carboxylic acids is 1. The fourth-order valence-corrected chi connectivity index (χ4v) is 1.86. The molecule has 2 aromatic carbocycles. The molecule has 0 radical (unpaired) electrons. The first kappa shape index (κ1) is 13.0. The third-order valence-corrected chi connectivity index (χ3v) is 2.79. The van der Waals surface area contributed by atoms with Crippen LogP contribution in [0.15, 0.2) is 42.5 Å². The molecule has 3 rings (SSSR count). The van der Waals surface area contributed by atoms with Crippen molar-refractivity contribution in [2.24, 2.45) is 0 Å². The van der Waals surface area contributed by atoms with Crippen molar-refractivity contribution in [3.05, 3.63) is 48.3 Å². The molecule has 0 aliphatic rings. The van der Waals surface area contributed by atoms with Crippen molar-refractivity contribution in [1.82, 2.24) is 15.4 Å². The summed E-state index contributed by atoms with van der Waals surface area (Å²) in [6, 6.07) is 10.9. The van der Waals surface area contributed by atoms with Gasteiger partial charge in [-0.3, -0.25) is 4.79 Å². The van der Waals surface area contributed by atoms with Crippen molar-refractivity contribution in [2.45, 2.75) is 0 Å². The van der Waals surface area contributed by atoms with E-state index in [0.29, 0.717) is 22.5 Å². The van der Waals surface area contributed by atoms with Gasteiger partial charge in [-0.15, -0.1) is 0 Å². The number of hydrogen-bond acceptors (Lipinski definition) is 4. The van der Waals surface area contributed by atoms with Crippen LogP contribution in [0.3, 0.4) is 0 Å². The van der Waals surface area contributed by atoms with Crippen LogP contribution in [-0.2, 0) is 4.79 Å². The van der Waals surface area contributed by atoms with Gasteiger partial charge in [-0.1, -0.05) is 12.1 Å². The number of nitrogens with zero attached hydrogens (tertiary/aromatic N) is 2. The predicted octanol–water partition coefficient (Wildman–Crippen LogP) is 2.11. The molecule has 2 N–H and O–H groups in total. The molecule has 0 unspecified atom stereocenters. The zero-order valence-corrected chi connectivity index (χ0v) is 10.8. The molecule has 7 heteroatoms. The molecule has 0 spiro atoms. The number of amides is 1. The molecule has 1 amide bonds.